The number of fused-ring (bicyclic) bond motifs is 1. The molecule has 0 N–H and O–H groups in total. The van der Waals surface area contributed by atoms with Gasteiger partial charge in [-0.05, 0) is 28.8 Å². The average Bonchev–Trinajstić information content (AvgIpc) is 3.24. The van der Waals surface area contributed by atoms with Crippen LogP contribution in [0, 0.1) is 11.6 Å². The molecule has 3 aromatic rings. The van der Waals surface area contributed by atoms with E-state index in [2.05, 4.69) is 51.5 Å². The topological polar surface area (TPSA) is 43.6 Å². The smallest absolute Gasteiger partial charge is 0.169 e. The number of rotatable bonds is 5. The average molecular weight is 424 g/mol. The largest absolute Gasteiger partial charge is 0.266 e. The predicted molar refractivity (Wildman–Crippen MR) is 121 cm³/mol. The van der Waals surface area contributed by atoms with Crippen molar-refractivity contribution in [2.45, 2.75) is 6.54 Å². The first-order valence-corrected chi connectivity index (χ1v) is 10.1. The van der Waals surface area contributed by atoms with Gasteiger partial charge in [0.25, 0.3) is 0 Å². The standard InChI is InChI=1S/C26H18F2N4/c27-22-8-4-7-21(25(22)28)26-30-23-15-29-32(17-24(23)31-26)16-20-13-11-19(12-14-20)10-9-18-5-2-1-3-6-18/h1-15,17H,16H2/b10-9+. The summed E-state index contributed by atoms with van der Waals surface area (Å²) in [6.45, 7) is 0.551. The maximum absolute atomic E-state index is 14.1. The second-order valence-electron chi connectivity index (χ2n) is 7.38. The minimum absolute atomic E-state index is 0.0342. The Balaban J connectivity index is 1.34. The highest BCUT2D eigenvalue weighted by Gasteiger charge is 2.18. The molecule has 0 aromatic heterocycles. The van der Waals surface area contributed by atoms with Gasteiger partial charge in [-0.1, -0.05) is 72.8 Å². The zero-order valence-corrected chi connectivity index (χ0v) is 17.0. The number of halogens is 2. The van der Waals surface area contributed by atoms with Crippen molar-refractivity contribution in [1.82, 2.24) is 19.7 Å². The lowest BCUT2D eigenvalue weighted by atomic mass is 10.1. The molecule has 5 rings (SSSR count). The molecule has 32 heavy (non-hydrogen) atoms. The first-order valence-electron chi connectivity index (χ1n) is 10.1. The summed E-state index contributed by atoms with van der Waals surface area (Å²) in [5, 5.41) is 4.38. The van der Waals surface area contributed by atoms with Crippen molar-refractivity contribution in [3.05, 3.63) is 114 Å². The van der Waals surface area contributed by atoms with Crippen LogP contribution in [0.25, 0.3) is 34.9 Å². The van der Waals surface area contributed by atoms with Crippen LogP contribution in [0.3, 0.4) is 0 Å². The monoisotopic (exact) mass is 424 g/mol. The molecule has 2 aliphatic rings. The van der Waals surface area contributed by atoms with Gasteiger partial charge in [-0.3, -0.25) is 4.68 Å². The Bertz CT molecular complexity index is 1360. The Kier molecular flexibility index (Phi) is 5.25. The van der Waals surface area contributed by atoms with E-state index in [0.717, 1.165) is 22.8 Å². The highest BCUT2D eigenvalue weighted by Crippen LogP contribution is 2.27. The van der Waals surface area contributed by atoms with Crippen LogP contribution >= 0.6 is 0 Å². The zero-order valence-electron chi connectivity index (χ0n) is 17.0. The van der Waals surface area contributed by atoms with Crippen molar-refractivity contribution in [2.24, 2.45) is 0 Å². The van der Waals surface area contributed by atoms with Crippen LogP contribution in [0.15, 0.2) is 85.2 Å². The van der Waals surface area contributed by atoms with Crippen molar-refractivity contribution >= 4 is 12.2 Å². The van der Waals surface area contributed by atoms with Crippen molar-refractivity contribution in [1.29, 1.82) is 0 Å². The molecule has 4 nitrogen and oxygen atoms in total. The van der Waals surface area contributed by atoms with E-state index in [1.54, 1.807) is 17.1 Å². The number of nitrogens with zero attached hydrogens (tertiary/aromatic N) is 4. The highest BCUT2D eigenvalue weighted by molar-refractivity contribution is 5.69. The summed E-state index contributed by atoms with van der Waals surface area (Å²) >= 11 is 0. The first-order chi connectivity index (χ1) is 15.7. The number of hydrogen-bond acceptors (Lipinski definition) is 3. The minimum Gasteiger partial charge on any atom is -0.266 e. The van der Waals surface area contributed by atoms with Gasteiger partial charge in [-0.2, -0.15) is 5.10 Å². The summed E-state index contributed by atoms with van der Waals surface area (Å²) in [5.74, 6) is -1.73. The lowest BCUT2D eigenvalue weighted by Gasteiger charge is -2.07. The molecule has 6 heteroatoms. The minimum atomic E-state index is -0.954. The fourth-order valence-corrected chi connectivity index (χ4v) is 3.42. The maximum atomic E-state index is 14.1. The second kappa shape index (κ2) is 8.51. The van der Waals surface area contributed by atoms with E-state index < -0.39 is 11.6 Å². The molecule has 0 radical (unpaired) electrons. The quantitative estimate of drug-likeness (QED) is 0.328. The van der Waals surface area contributed by atoms with Crippen LogP contribution in [0.1, 0.15) is 16.7 Å². The van der Waals surface area contributed by atoms with E-state index in [-0.39, 0.29) is 11.4 Å². The lowest BCUT2D eigenvalue weighted by Crippen LogP contribution is -2.05. The third kappa shape index (κ3) is 4.16. The summed E-state index contributed by atoms with van der Waals surface area (Å²) in [5.41, 5.74) is 4.47. The lowest BCUT2D eigenvalue weighted by molar-refractivity contribution is 0.510. The van der Waals surface area contributed by atoms with Gasteiger partial charge in [-0.25, -0.2) is 18.7 Å². The Labute approximate surface area is 183 Å². The van der Waals surface area contributed by atoms with Crippen molar-refractivity contribution in [3.8, 4) is 22.8 Å². The van der Waals surface area contributed by atoms with Gasteiger partial charge in [0.1, 0.15) is 11.4 Å². The van der Waals surface area contributed by atoms with Crippen LogP contribution in [0.5, 0.6) is 0 Å². The van der Waals surface area contributed by atoms with Crippen LogP contribution < -0.4 is 0 Å². The first kappa shape index (κ1) is 19.8. The molecule has 0 atom stereocenters. The Morgan fingerprint density at radius 3 is 2.25 bits per heavy atom. The molecule has 0 saturated carbocycles. The molecule has 0 unspecified atom stereocenters. The third-order valence-electron chi connectivity index (χ3n) is 5.10. The molecule has 0 spiro atoms. The summed E-state index contributed by atoms with van der Waals surface area (Å²) in [6, 6.07) is 22.3. The third-order valence-corrected chi connectivity index (χ3v) is 5.10. The van der Waals surface area contributed by atoms with Gasteiger partial charge < -0.3 is 0 Å². The fraction of sp³-hybridized carbons (Fsp3) is 0.0385. The van der Waals surface area contributed by atoms with Crippen molar-refractivity contribution in [3.63, 3.8) is 0 Å². The van der Waals surface area contributed by atoms with Crippen molar-refractivity contribution < 1.29 is 8.78 Å². The number of aromatic nitrogens is 4. The number of imidazole rings is 1. The van der Waals surface area contributed by atoms with E-state index in [0.29, 0.717) is 17.9 Å². The van der Waals surface area contributed by atoms with Gasteiger partial charge in [-0.15, -0.1) is 0 Å². The van der Waals surface area contributed by atoms with Crippen LogP contribution in [0.4, 0.5) is 8.78 Å². The van der Waals surface area contributed by atoms with Gasteiger partial charge in [0.15, 0.2) is 17.5 Å². The summed E-state index contributed by atoms with van der Waals surface area (Å²) in [6.07, 6.45) is 7.49. The molecule has 2 heterocycles. The molecule has 0 amide bonds. The molecule has 0 saturated heterocycles. The summed E-state index contributed by atoms with van der Waals surface area (Å²) in [7, 11) is 0. The SMILES string of the molecule is Fc1cccc(-c2nc3cnn(Cc4ccc(/C=C/c5ccccc5)cc4)cc-3n2)c1F. The molecule has 0 aliphatic carbocycles. The maximum Gasteiger partial charge on any atom is 0.169 e. The molecule has 0 bridgehead atoms. The second-order valence-corrected chi connectivity index (χ2v) is 7.38. The van der Waals surface area contributed by atoms with Gasteiger partial charge >= 0.3 is 0 Å². The summed E-state index contributed by atoms with van der Waals surface area (Å²) < 4.78 is 29.4. The zero-order chi connectivity index (χ0) is 21.9. The number of benzene rings is 3. The van der Waals surface area contributed by atoms with Crippen molar-refractivity contribution in [2.75, 3.05) is 0 Å². The molecule has 3 aromatic carbocycles. The van der Waals surface area contributed by atoms with E-state index in [1.165, 1.54) is 12.1 Å². The molecule has 0 fully saturated rings. The Hall–Kier alpha value is -4.19. The number of hydrogen-bond donors (Lipinski definition) is 0. The normalized spacial score (nSPS) is 11.4. The van der Waals surface area contributed by atoms with E-state index in [1.807, 2.05) is 30.3 Å². The van der Waals surface area contributed by atoms with E-state index in [9.17, 15) is 8.78 Å². The van der Waals surface area contributed by atoms with Crippen LogP contribution in [0.2, 0.25) is 0 Å². The fourth-order valence-electron chi connectivity index (χ4n) is 3.42. The highest BCUT2D eigenvalue weighted by atomic mass is 19.2. The van der Waals surface area contributed by atoms with Gasteiger partial charge in [0.2, 0.25) is 0 Å². The molecule has 2 aliphatic heterocycles. The van der Waals surface area contributed by atoms with Crippen LogP contribution in [-0.2, 0) is 6.54 Å². The van der Waals surface area contributed by atoms with Crippen LogP contribution in [-0.4, -0.2) is 19.7 Å². The van der Waals surface area contributed by atoms with Gasteiger partial charge in [0, 0.05) is 0 Å². The Morgan fingerprint density at radius 2 is 1.47 bits per heavy atom. The molecular weight excluding hydrogens is 406 g/mol. The summed E-state index contributed by atoms with van der Waals surface area (Å²) in [4.78, 5) is 8.66. The van der Waals surface area contributed by atoms with E-state index >= 15 is 0 Å². The van der Waals surface area contributed by atoms with E-state index in [4.69, 9.17) is 0 Å². The molecular formula is C26H18F2N4. The Morgan fingerprint density at radius 1 is 0.750 bits per heavy atom. The molecule has 156 valence electrons. The van der Waals surface area contributed by atoms with Gasteiger partial charge in [0.05, 0.1) is 24.5 Å². The predicted octanol–water partition coefficient (Wildman–Crippen LogP) is 5.94.